The van der Waals surface area contributed by atoms with E-state index in [0.717, 1.165) is 0 Å². The van der Waals surface area contributed by atoms with Crippen LogP contribution in [-0.2, 0) is 0 Å². The summed E-state index contributed by atoms with van der Waals surface area (Å²) in [5.41, 5.74) is 1.66. The number of amides is 1. The fourth-order valence-electron chi connectivity index (χ4n) is 3.24. The normalized spacial score (nSPS) is 15.4. The number of benzene rings is 1. The Kier molecular flexibility index (Phi) is 5.70. The van der Waals surface area contributed by atoms with E-state index in [2.05, 4.69) is 5.16 Å². The summed E-state index contributed by atoms with van der Waals surface area (Å²) in [6, 6.07) is 5.58. The van der Waals surface area contributed by atoms with Crippen molar-refractivity contribution in [1.82, 2.24) is 15.0 Å². The summed E-state index contributed by atoms with van der Waals surface area (Å²) in [6.45, 7) is 8.28. The van der Waals surface area contributed by atoms with Crippen molar-refractivity contribution in [2.75, 3.05) is 32.7 Å². The number of carbonyl (C=O) groups excluding carboxylic acids is 2. The van der Waals surface area contributed by atoms with Crippen LogP contribution in [-0.4, -0.2) is 59.4 Å². The zero-order chi connectivity index (χ0) is 19.6. The Bertz CT molecular complexity index is 821. The summed E-state index contributed by atoms with van der Waals surface area (Å²) in [5.74, 6) is 0.225. The number of rotatable bonds is 5. The van der Waals surface area contributed by atoms with Gasteiger partial charge in [0.2, 0.25) is 0 Å². The smallest absolute Gasteiger partial charge is 0.259 e. The largest absolute Gasteiger partial charge is 0.360 e. The second kappa shape index (κ2) is 8.00. The predicted octanol–water partition coefficient (Wildman–Crippen LogP) is 2.89. The van der Waals surface area contributed by atoms with Crippen LogP contribution in [0.4, 0.5) is 4.39 Å². The highest BCUT2D eigenvalue weighted by atomic mass is 19.1. The molecule has 1 saturated heterocycles. The molecule has 1 amide bonds. The molecule has 1 aliphatic heterocycles. The van der Waals surface area contributed by atoms with Crippen molar-refractivity contribution in [2.24, 2.45) is 0 Å². The number of piperazine rings is 1. The molecule has 2 heterocycles. The molecule has 7 heteroatoms. The first-order valence-corrected chi connectivity index (χ1v) is 9.13. The van der Waals surface area contributed by atoms with Gasteiger partial charge in [-0.15, -0.1) is 0 Å². The van der Waals surface area contributed by atoms with Crippen molar-refractivity contribution in [3.05, 3.63) is 52.7 Å². The van der Waals surface area contributed by atoms with Crippen molar-refractivity contribution >= 4 is 11.7 Å². The molecule has 0 aliphatic carbocycles. The first-order chi connectivity index (χ1) is 12.9. The molecule has 1 fully saturated rings. The van der Waals surface area contributed by atoms with Crippen LogP contribution >= 0.6 is 0 Å². The lowest BCUT2D eigenvalue weighted by atomic mass is 10.0. The van der Waals surface area contributed by atoms with E-state index in [4.69, 9.17) is 4.52 Å². The number of ketones is 1. The summed E-state index contributed by atoms with van der Waals surface area (Å²) >= 11 is 0. The van der Waals surface area contributed by atoms with Gasteiger partial charge in [-0.05, 0) is 31.2 Å². The van der Waals surface area contributed by atoms with Gasteiger partial charge in [0.1, 0.15) is 11.4 Å². The summed E-state index contributed by atoms with van der Waals surface area (Å²) in [7, 11) is 0. The van der Waals surface area contributed by atoms with Gasteiger partial charge in [-0.1, -0.05) is 19.0 Å². The Morgan fingerprint density at radius 1 is 1.15 bits per heavy atom. The number of aromatic nitrogens is 1. The maximum absolute atomic E-state index is 13.0. The molecular formula is C20H24FN3O3. The Morgan fingerprint density at radius 3 is 2.37 bits per heavy atom. The quantitative estimate of drug-likeness (QED) is 0.754. The van der Waals surface area contributed by atoms with Crippen LogP contribution in [0.1, 0.15) is 51.9 Å². The molecule has 0 radical (unpaired) electrons. The number of carbonyl (C=O) groups is 2. The first kappa shape index (κ1) is 19.2. The van der Waals surface area contributed by atoms with Gasteiger partial charge in [0.05, 0.1) is 12.2 Å². The van der Waals surface area contributed by atoms with Gasteiger partial charge >= 0.3 is 0 Å². The maximum atomic E-state index is 13.0. The third-order valence-corrected chi connectivity index (χ3v) is 4.82. The number of aryl methyl sites for hydroxylation is 1. The lowest BCUT2D eigenvalue weighted by molar-refractivity contribution is 0.0621. The van der Waals surface area contributed by atoms with Crippen LogP contribution in [0.5, 0.6) is 0 Å². The maximum Gasteiger partial charge on any atom is 0.259 e. The summed E-state index contributed by atoms with van der Waals surface area (Å²) in [6.07, 6.45) is 0. The number of Topliss-reactive ketones (excluding diaryl/α,β-unsaturated/α-hetero) is 1. The Labute approximate surface area is 157 Å². The van der Waals surface area contributed by atoms with E-state index in [1.807, 2.05) is 18.7 Å². The molecule has 2 aromatic rings. The van der Waals surface area contributed by atoms with Crippen LogP contribution < -0.4 is 0 Å². The predicted molar refractivity (Wildman–Crippen MR) is 98.4 cm³/mol. The second-order valence-corrected chi connectivity index (χ2v) is 7.16. The molecule has 0 unspecified atom stereocenters. The van der Waals surface area contributed by atoms with Crippen LogP contribution in [0.3, 0.4) is 0 Å². The minimum absolute atomic E-state index is 0.0493. The molecule has 1 aromatic carbocycles. The highest BCUT2D eigenvalue weighted by Gasteiger charge is 2.29. The zero-order valence-electron chi connectivity index (χ0n) is 15.9. The third kappa shape index (κ3) is 4.24. The molecule has 0 atom stereocenters. The van der Waals surface area contributed by atoms with Crippen LogP contribution in [0.2, 0.25) is 0 Å². The van der Waals surface area contributed by atoms with E-state index >= 15 is 0 Å². The molecule has 6 nitrogen and oxygen atoms in total. The van der Waals surface area contributed by atoms with E-state index < -0.39 is 0 Å². The van der Waals surface area contributed by atoms with E-state index in [-0.39, 0.29) is 30.0 Å². The molecule has 0 N–H and O–H groups in total. The highest BCUT2D eigenvalue weighted by molar-refractivity contribution is 5.98. The monoisotopic (exact) mass is 373 g/mol. The van der Waals surface area contributed by atoms with Gasteiger partial charge < -0.3 is 9.42 Å². The van der Waals surface area contributed by atoms with Gasteiger partial charge in [-0.3, -0.25) is 14.5 Å². The second-order valence-electron chi connectivity index (χ2n) is 7.16. The van der Waals surface area contributed by atoms with Crippen LogP contribution in [0, 0.1) is 12.7 Å². The Balaban J connectivity index is 1.59. The van der Waals surface area contributed by atoms with Crippen molar-refractivity contribution in [3.8, 4) is 0 Å². The average Bonchev–Trinajstić information content (AvgIpc) is 3.04. The topological polar surface area (TPSA) is 66.7 Å². The number of halogens is 1. The molecule has 1 aliphatic rings. The van der Waals surface area contributed by atoms with Gasteiger partial charge in [-0.2, -0.15) is 0 Å². The highest BCUT2D eigenvalue weighted by Crippen LogP contribution is 2.24. The molecule has 0 saturated carbocycles. The molecule has 0 bridgehead atoms. The molecule has 144 valence electrons. The average molecular weight is 373 g/mol. The van der Waals surface area contributed by atoms with E-state index in [1.54, 1.807) is 11.8 Å². The van der Waals surface area contributed by atoms with Crippen LogP contribution in [0.25, 0.3) is 0 Å². The van der Waals surface area contributed by atoms with Crippen molar-refractivity contribution in [2.45, 2.75) is 26.7 Å². The number of hydrogen-bond donors (Lipinski definition) is 0. The van der Waals surface area contributed by atoms with Crippen molar-refractivity contribution in [1.29, 1.82) is 0 Å². The molecule has 27 heavy (non-hydrogen) atoms. The summed E-state index contributed by atoms with van der Waals surface area (Å²) in [5, 5.41) is 3.94. The zero-order valence-corrected chi connectivity index (χ0v) is 15.9. The van der Waals surface area contributed by atoms with Crippen molar-refractivity contribution < 1.29 is 18.5 Å². The van der Waals surface area contributed by atoms with Gasteiger partial charge in [0.25, 0.3) is 5.91 Å². The lowest BCUT2D eigenvalue weighted by Gasteiger charge is -2.34. The van der Waals surface area contributed by atoms with E-state index in [1.165, 1.54) is 24.3 Å². The van der Waals surface area contributed by atoms with E-state index in [9.17, 15) is 14.0 Å². The van der Waals surface area contributed by atoms with E-state index in [0.29, 0.717) is 48.8 Å². The fourth-order valence-corrected chi connectivity index (χ4v) is 3.24. The first-order valence-electron chi connectivity index (χ1n) is 9.13. The van der Waals surface area contributed by atoms with Gasteiger partial charge in [0.15, 0.2) is 11.5 Å². The molecule has 0 spiro atoms. The number of nitrogens with zero attached hydrogens (tertiary/aromatic N) is 3. The Morgan fingerprint density at radius 2 is 1.78 bits per heavy atom. The van der Waals surface area contributed by atoms with Gasteiger partial charge in [-0.25, -0.2) is 4.39 Å². The molecule has 3 rings (SSSR count). The lowest BCUT2D eigenvalue weighted by Crippen LogP contribution is -2.50. The molecule has 1 aromatic heterocycles. The fraction of sp³-hybridized carbons (Fsp3) is 0.450. The Hall–Kier alpha value is -2.54. The third-order valence-electron chi connectivity index (χ3n) is 4.82. The minimum atomic E-state index is -0.358. The van der Waals surface area contributed by atoms with Crippen molar-refractivity contribution in [3.63, 3.8) is 0 Å². The minimum Gasteiger partial charge on any atom is -0.360 e. The summed E-state index contributed by atoms with van der Waals surface area (Å²) < 4.78 is 18.3. The SMILES string of the molecule is Cc1noc(C(C)C)c1C(=O)N1CCN(CC(=O)c2ccc(F)cc2)CC1. The molecular weight excluding hydrogens is 349 g/mol. The summed E-state index contributed by atoms with van der Waals surface area (Å²) in [4.78, 5) is 29.0. The van der Waals surface area contributed by atoms with Gasteiger partial charge in [0, 0.05) is 37.7 Å². The van der Waals surface area contributed by atoms with Crippen LogP contribution in [0.15, 0.2) is 28.8 Å². The number of hydrogen-bond acceptors (Lipinski definition) is 5. The standard InChI is InChI=1S/C20H24FN3O3/c1-13(2)19-18(14(3)22-27-19)20(26)24-10-8-23(9-11-24)12-17(25)15-4-6-16(21)7-5-15/h4-7,13H,8-12H2,1-3H3.